The monoisotopic (exact) mass is 263 g/mol. The quantitative estimate of drug-likeness (QED) is 0.855. The van der Waals surface area contributed by atoms with E-state index in [-0.39, 0.29) is 11.9 Å². The third-order valence-corrected chi connectivity index (χ3v) is 3.06. The molecule has 1 N–H and O–H groups in total. The first-order valence-electron chi connectivity index (χ1n) is 5.90. The Balaban J connectivity index is 1.99. The Labute approximate surface area is 112 Å². The molecule has 0 saturated carbocycles. The zero-order valence-corrected chi connectivity index (χ0v) is 10.9. The molecule has 0 spiro atoms. The molecular formula is C15H15ClFN. The van der Waals surface area contributed by atoms with Crippen molar-refractivity contribution < 1.29 is 4.39 Å². The van der Waals surface area contributed by atoms with E-state index in [9.17, 15) is 4.39 Å². The van der Waals surface area contributed by atoms with Gasteiger partial charge < -0.3 is 5.32 Å². The van der Waals surface area contributed by atoms with Gasteiger partial charge in [-0.3, -0.25) is 0 Å². The van der Waals surface area contributed by atoms with E-state index < -0.39 is 0 Å². The van der Waals surface area contributed by atoms with Crippen LogP contribution in [-0.4, -0.2) is 6.04 Å². The lowest BCUT2D eigenvalue weighted by atomic mass is 10.1. The number of rotatable bonds is 4. The molecule has 3 heteroatoms. The maximum Gasteiger partial charge on any atom is 0.123 e. The van der Waals surface area contributed by atoms with Gasteiger partial charge in [0.1, 0.15) is 5.82 Å². The number of halogens is 2. The fraction of sp³-hybridized carbons (Fsp3) is 0.200. The lowest BCUT2D eigenvalue weighted by Crippen LogP contribution is -2.18. The SMILES string of the molecule is CC(Cc1ccc(F)cc1)Nc1ccccc1Cl. The normalized spacial score (nSPS) is 12.2. The van der Waals surface area contributed by atoms with Gasteiger partial charge in [0.25, 0.3) is 0 Å². The van der Waals surface area contributed by atoms with E-state index in [1.54, 1.807) is 12.1 Å². The van der Waals surface area contributed by atoms with E-state index in [2.05, 4.69) is 12.2 Å². The first-order chi connectivity index (χ1) is 8.65. The van der Waals surface area contributed by atoms with Gasteiger partial charge in [0.05, 0.1) is 10.7 Å². The number of hydrogen-bond donors (Lipinski definition) is 1. The fourth-order valence-electron chi connectivity index (χ4n) is 1.87. The standard InChI is InChI=1S/C15H15ClFN/c1-11(10-12-6-8-13(17)9-7-12)18-15-5-3-2-4-14(15)16/h2-9,11,18H,10H2,1H3. The topological polar surface area (TPSA) is 12.0 Å². The summed E-state index contributed by atoms with van der Waals surface area (Å²) in [5.74, 6) is -0.203. The van der Waals surface area contributed by atoms with Crippen molar-refractivity contribution in [3.63, 3.8) is 0 Å². The number of anilines is 1. The van der Waals surface area contributed by atoms with Gasteiger partial charge in [-0.2, -0.15) is 0 Å². The van der Waals surface area contributed by atoms with Crippen molar-refractivity contribution in [2.24, 2.45) is 0 Å². The molecule has 18 heavy (non-hydrogen) atoms. The maximum absolute atomic E-state index is 12.8. The molecule has 0 bridgehead atoms. The summed E-state index contributed by atoms with van der Waals surface area (Å²) in [6.07, 6.45) is 0.825. The molecule has 0 fully saturated rings. The molecule has 1 atom stereocenters. The smallest absolute Gasteiger partial charge is 0.123 e. The molecule has 94 valence electrons. The van der Waals surface area contributed by atoms with Crippen molar-refractivity contribution in [3.8, 4) is 0 Å². The van der Waals surface area contributed by atoms with Gasteiger partial charge in [-0.05, 0) is 43.2 Å². The summed E-state index contributed by atoms with van der Waals surface area (Å²) in [6, 6.07) is 14.5. The van der Waals surface area contributed by atoms with Crippen LogP contribution in [0, 0.1) is 5.82 Å². The Morgan fingerprint density at radius 3 is 2.44 bits per heavy atom. The van der Waals surface area contributed by atoms with Crippen LogP contribution < -0.4 is 5.32 Å². The minimum absolute atomic E-state index is 0.203. The summed E-state index contributed by atoms with van der Waals surface area (Å²) >= 11 is 6.08. The van der Waals surface area contributed by atoms with E-state index in [1.165, 1.54) is 12.1 Å². The minimum Gasteiger partial charge on any atom is -0.381 e. The van der Waals surface area contributed by atoms with Crippen LogP contribution >= 0.6 is 11.6 Å². The predicted octanol–water partition coefficient (Wildman–Crippen LogP) is 4.52. The Hall–Kier alpha value is -1.54. The van der Waals surface area contributed by atoms with E-state index in [0.717, 1.165) is 17.7 Å². The molecule has 0 heterocycles. The van der Waals surface area contributed by atoms with Gasteiger partial charge in [0, 0.05) is 6.04 Å². The maximum atomic E-state index is 12.8. The molecule has 1 unspecified atom stereocenters. The van der Waals surface area contributed by atoms with E-state index in [4.69, 9.17) is 11.6 Å². The second-order valence-electron chi connectivity index (χ2n) is 4.36. The highest BCUT2D eigenvalue weighted by Crippen LogP contribution is 2.21. The van der Waals surface area contributed by atoms with Gasteiger partial charge in [-0.1, -0.05) is 35.9 Å². The molecule has 2 rings (SSSR count). The summed E-state index contributed by atoms with van der Waals surface area (Å²) in [5, 5.41) is 4.06. The fourth-order valence-corrected chi connectivity index (χ4v) is 2.06. The van der Waals surface area contributed by atoms with Crippen molar-refractivity contribution in [1.82, 2.24) is 0 Å². The van der Waals surface area contributed by atoms with E-state index in [1.807, 2.05) is 24.3 Å². The van der Waals surface area contributed by atoms with Crippen molar-refractivity contribution >= 4 is 17.3 Å². The van der Waals surface area contributed by atoms with Gasteiger partial charge in [0.2, 0.25) is 0 Å². The Morgan fingerprint density at radius 2 is 1.78 bits per heavy atom. The highest BCUT2D eigenvalue weighted by molar-refractivity contribution is 6.33. The van der Waals surface area contributed by atoms with E-state index in [0.29, 0.717) is 5.02 Å². The van der Waals surface area contributed by atoms with Crippen LogP contribution in [-0.2, 0) is 6.42 Å². The molecule has 0 aliphatic rings. The molecule has 2 aromatic rings. The lowest BCUT2D eigenvalue weighted by Gasteiger charge is -2.16. The molecule has 0 saturated heterocycles. The third kappa shape index (κ3) is 3.47. The van der Waals surface area contributed by atoms with Crippen LogP contribution in [0.25, 0.3) is 0 Å². The number of hydrogen-bond acceptors (Lipinski definition) is 1. The Bertz CT molecular complexity index is 510. The lowest BCUT2D eigenvalue weighted by molar-refractivity contribution is 0.626. The zero-order valence-electron chi connectivity index (χ0n) is 10.2. The molecule has 2 aromatic carbocycles. The molecule has 0 amide bonds. The van der Waals surface area contributed by atoms with Crippen LogP contribution in [0.4, 0.5) is 10.1 Å². The molecular weight excluding hydrogens is 249 g/mol. The van der Waals surface area contributed by atoms with Gasteiger partial charge in [-0.25, -0.2) is 4.39 Å². The first kappa shape index (κ1) is 12.9. The van der Waals surface area contributed by atoms with Crippen LogP contribution in [0.5, 0.6) is 0 Å². The zero-order chi connectivity index (χ0) is 13.0. The number of para-hydroxylation sites is 1. The molecule has 0 aliphatic carbocycles. The van der Waals surface area contributed by atoms with Crippen LogP contribution in [0.2, 0.25) is 5.02 Å². The Kier molecular flexibility index (Phi) is 4.21. The highest BCUT2D eigenvalue weighted by atomic mass is 35.5. The average Bonchev–Trinajstić information content (AvgIpc) is 2.35. The number of benzene rings is 2. The van der Waals surface area contributed by atoms with Crippen molar-refractivity contribution in [1.29, 1.82) is 0 Å². The molecule has 1 nitrogen and oxygen atoms in total. The summed E-state index contributed by atoms with van der Waals surface area (Å²) in [6.45, 7) is 2.08. The van der Waals surface area contributed by atoms with E-state index >= 15 is 0 Å². The van der Waals surface area contributed by atoms with Crippen LogP contribution in [0.3, 0.4) is 0 Å². The predicted molar refractivity (Wildman–Crippen MR) is 74.6 cm³/mol. The van der Waals surface area contributed by atoms with Crippen molar-refractivity contribution in [2.75, 3.05) is 5.32 Å². The molecule has 0 aliphatic heterocycles. The number of nitrogens with one attached hydrogen (secondary N) is 1. The summed E-state index contributed by atoms with van der Waals surface area (Å²) in [4.78, 5) is 0. The van der Waals surface area contributed by atoms with Crippen molar-refractivity contribution in [3.05, 3.63) is 64.9 Å². The average molecular weight is 264 g/mol. The van der Waals surface area contributed by atoms with Crippen LogP contribution in [0.1, 0.15) is 12.5 Å². The van der Waals surface area contributed by atoms with Gasteiger partial charge in [-0.15, -0.1) is 0 Å². The summed E-state index contributed by atoms with van der Waals surface area (Å²) in [7, 11) is 0. The third-order valence-electron chi connectivity index (χ3n) is 2.73. The minimum atomic E-state index is -0.203. The second kappa shape index (κ2) is 5.87. The molecule has 0 aromatic heterocycles. The summed E-state index contributed by atoms with van der Waals surface area (Å²) < 4.78 is 12.8. The largest absolute Gasteiger partial charge is 0.381 e. The van der Waals surface area contributed by atoms with Crippen molar-refractivity contribution in [2.45, 2.75) is 19.4 Å². The van der Waals surface area contributed by atoms with Gasteiger partial charge >= 0.3 is 0 Å². The summed E-state index contributed by atoms with van der Waals surface area (Å²) in [5.41, 5.74) is 2.03. The van der Waals surface area contributed by atoms with Gasteiger partial charge in [0.15, 0.2) is 0 Å². The highest BCUT2D eigenvalue weighted by Gasteiger charge is 2.06. The Morgan fingerprint density at radius 1 is 1.11 bits per heavy atom. The van der Waals surface area contributed by atoms with Crippen LogP contribution in [0.15, 0.2) is 48.5 Å². The first-order valence-corrected chi connectivity index (χ1v) is 6.28. The molecule has 0 radical (unpaired) electrons. The second-order valence-corrected chi connectivity index (χ2v) is 4.76.